The summed E-state index contributed by atoms with van der Waals surface area (Å²) in [6, 6.07) is 12.0. The van der Waals surface area contributed by atoms with Crippen LogP contribution in [0.25, 0.3) is 11.1 Å². The van der Waals surface area contributed by atoms with Gasteiger partial charge in [0.25, 0.3) is 0 Å². The number of carboxylic acids is 1. The van der Waals surface area contributed by atoms with Gasteiger partial charge in [0.2, 0.25) is 0 Å². The third-order valence-corrected chi connectivity index (χ3v) is 2.98. The zero-order chi connectivity index (χ0) is 14.0. The Balaban J connectivity index is 0.00000200. The Morgan fingerprint density at radius 2 is 1.80 bits per heavy atom. The van der Waals surface area contributed by atoms with Crippen LogP contribution in [0.1, 0.15) is 21.5 Å². The molecule has 0 unspecified atom stereocenters. The van der Waals surface area contributed by atoms with Crippen LogP contribution < -0.4 is 4.74 Å². The molecule has 0 bridgehead atoms. The number of aromatic carboxylic acids is 1. The molecule has 1 radical (unpaired) electrons. The molecule has 0 spiro atoms. The van der Waals surface area contributed by atoms with Gasteiger partial charge in [0, 0.05) is 38.5 Å². The fourth-order valence-corrected chi connectivity index (χ4v) is 2.14. The fraction of sp³-hybridized carbons (Fsp3) is 0.188. The number of methoxy groups -OCH3 is 1. The summed E-state index contributed by atoms with van der Waals surface area (Å²) >= 11 is 0. The summed E-state index contributed by atoms with van der Waals surface area (Å²) in [4.78, 5) is 10.9. The number of rotatable bonds is 3. The summed E-state index contributed by atoms with van der Waals surface area (Å²) < 4.78 is 5.42. The van der Waals surface area contributed by atoms with E-state index in [9.17, 15) is 4.79 Å². The molecule has 0 heterocycles. The van der Waals surface area contributed by atoms with E-state index in [0.29, 0.717) is 0 Å². The average Bonchev–Trinajstić information content (AvgIpc) is 2.38. The number of aryl methyl sites for hydroxylation is 2. The molecule has 3 nitrogen and oxygen atoms in total. The summed E-state index contributed by atoms with van der Waals surface area (Å²) in [6.07, 6.45) is 0. The first-order valence-corrected chi connectivity index (χ1v) is 5.94. The smallest absolute Gasteiger partial charge is 0.335 e. The number of hydrogen-bond donors (Lipinski definition) is 1. The second kappa shape index (κ2) is 7.00. The number of benzene rings is 2. The average molecular weight is 344 g/mol. The molecule has 101 valence electrons. The van der Waals surface area contributed by atoms with Crippen LogP contribution in [0.15, 0.2) is 30.3 Å². The van der Waals surface area contributed by atoms with Gasteiger partial charge in [0.1, 0.15) is 0 Å². The van der Waals surface area contributed by atoms with Crippen LogP contribution in [0.5, 0.6) is 5.75 Å². The molecule has 0 amide bonds. The van der Waals surface area contributed by atoms with Crippen molar-refractivity contribution in [1.29, 1.82) is 0 Å². The predicted octanol–water partition coefficient (Wildman–Crippen LogP) is 3.47. The van der Waals surface area contributed by atoms with Crippen LogP contribution in [-0.4, -0.2) is 18.2 Å². The van der Waals surface area contributed by atoms with Crippen molar-refractivity contribution in [2.45, 2.75) is 13.8 Å². The van der Waals surface area contributed by atoms with Crippen molar-refractivity contribution >= 4 is 5.97 Å². The number of carbonyl (C=O) groups is 1. The maximum Gasteiger partial charge on any atom is 0.335 e. The Morgan fingerprint density at radius 3 is 2.30 bits per heavy atom. The fourth-order valence-electron chi connectivity index (χ4n) is 2.14. The predicted molar refractivity (Wildman–Crippen MR) is 73.7 cm³/mol. The van der Waals surface area contributed by atoms with Crippen molar-refractivity contribution in [3.05, 3.63) is 53.1 Å². The zero-order valence-electron chi connectivity index (χ0n) is 11.7. The van der Waals surface area contributed by atoms with E-state index in [1.807, 2.05) is 19.9 Å². The summed E-state index contributed by atoms with van der Waals surface area (Å²) in [7, 11) is 1.63. The Labute approximate surface area is 143 Å². The molecule has 2 aromatic rings. The first-order valence-electron chi connectivity index (χ1n) is 5.94. The minimum atomic E-state index is -0.924. The van der Waals surface area contributed by atoms with E-state index in [1.54, 1.807) is 31.4 Å². The maximum atomic E-state index is 10.9. The van der Waals surface area contributed by atoms with Crippen molar-refractivity contribution in [2.75, 3.05) is 7.11 Å². The minimum Gasteiger partial charge on any atom is -0.553 e. The standard InChI is InChI=1S/C16H15O3.Y/c1-10-8-11(2)15(19-3)14(9-10)12-4-6-13(7-5-12)16(17)18;/h4-7,9H,1-3H3,(H,17,18);/q-1;. The van der Waals surface area contributed by atoms with Crippen molar-refractivity contribution < 1.29 is 47.3 Å². The second-order valence-corrected chi connectivity index (χ2v) is 4.41. The minimum absolute atomic E-state index is 0. The molecule has 2 rings (SSSR count). The van der Waals surface area contributed by atoms with E-state index in [4.69, 9.17) is 9.84 Å². The molecule has 0 aliphatic rings. The molecule has 2 aromatic carbocycles. The van der Waals surface area contributed by atoms with Gasteiger partial charge in [-0.3, -0.25) is 0 Å². The topological polar surface area (TPSA) is 46.5 Å². The van der Waals surface area contributed by atoms with Gasteiger partial charge < -0.3 is 9.84 Å². The van der Waals surface area contributed by atoms with Gasteiger partial charge in [-0.2, -0.15) is 17.7 Å². The van der Waals surface area contributed by atoms with E-state index in [2.05, 4.69) is 6.07 Å². The molecule has 4 heteroatoms. The van der Waals surface area contributed by atoms with Crippen molar-refractivity contribution in [2.24, 2.45) is 0 Å². The molecule has 1 N–H and O–H groups in total. The van der Waals surface area contributed by atoms with Crippen LogP contribution >= 0.6 is 0 Å². The van der Waals surface area contributed by atoms with E-state index in [1.165, 1.54) is 0 Å². The van der Waals surface area contributed by atoms with Crippen LogP contribution in [0, 0.1) is 19.9 Å². The van der Waals surface area contributed by atoms with Crippen molar-refractivity contribution in [3.8, 4) is 16.9 Å². The molecule has 0 aliphatic heterocycles. The maximum absolute atomic E-state index is 10.9. The van der Waals surface area contributed by atoms with E-state index in [-0.39, 0.29) is 38.3 Å². The molecular weight excluding hydrogens is 329 g/mol. The SMILES string of the molecule is COc1c(C)[c-]c(C)cc1-c1ccc(C(=O)O)cc1.[Y]. The van der Waals surface area contributed by atoms with Crippen LogP contribution in [0.4, 0.5) is 0 Å². The second-order valence-electron chi connectivity index (χ2n) is 4.41. The van der Waals surface area contributed by atoms with Gasteiger partial charge in [0.15, 0.2) is 0 Å². The third kappa shape index (κ3) is 3.47. The first kappa shape index (κ1) is 16.9. The molecule has 0 saturated carbocycles. The summed E-state index contributed by atoms with van der Waals surface area (Å²) in [6.45, 7) is 3.92. The Kier molecular flexibility index (Phi) is 5.91. The van der Waals surface area contributed by atoms with Gasteiger partial charge in [0.05, 0.1) is 12.7 Å². The normalized spacial score (nSPS) is 9.75. The zero-order valence-corrected chi connectivity index (χ0v) is 14.6. The van der Waals surface area contributed by atoms with E-state index < -0.39 is 5.97 Å². The third-order valence-electron chi connectivity index (χ3n) is 2.98. The van der Waals surface area contributed by atoms with Gasteiger partial charge in [-0.1, -0.05) is 31.5 Å². The molecule has 0 saturated heterocycles. The monoisotopic (exact) mass is 344 g/mol. The summed E-state index contributed by atoms with van der Waals surface area (Å²) in [5.74, 6) is -0.152. The largest absolute Gasteiger partial charge is 0.553 e. The van der Waals surface area contributed by atoms with Crippen molar-refractivity contribution in [1.82, 2.24) is 0 Å². The van der Waals surface area contributed by atoms with Gasteiger partial charge >= 0.3 is 5.97 Å². The Hall–Kier alpha value is -1.19. The molecule has 20 heavy (non-hydrogen) atoms. The van der Waals surface area contributed by atoms with Gasteiger partial charge in [-0.05, 0) is 17.7 Å². The molecule has 0 atom stereocenters. The van der Waals surface area contributed by atoms with Crippen LogP contribution in [0.2, 0.25) is 0 Å². The van der Waals surface area contributed by atoms with Gasteiger partial charge in [-0.15, -0.1) is 5.56 Å². The van der Waals surface area contributed by atoms with Crippen LogP contribution in [0.3, 0.4) is 0 Å². The van der Waals surface area contributed by atoms with E-state index >= 15 is 0 Å². The summed E-state index contributed by atoms with van der Waals surface area (Å²) in [5.41, 5.74) is 4.13. The molecule has 0 aromatic heterocycles. The summed E-state index contributed by atoms with van der Waals surface area (Å²) in [5, 5.41) is 8.91. The molecular formula is C16H15O3Y-. The Morgan fingerprint density at radius 1 is 1.20 bits per heavy atom. The van der Waals surface area contributed by atoms with Crippen LogP contribution in [-0.2, 0) is 32.7 Å². The Bertz CT molecular complexity index is 618. The molecule has 0 aliphatic carbocycles. The molecule has 0 fully saturated rings. The van der Waals surface area contributed by atoms with E-state index in [0.717, 1.165) is 28.0 Å². The quantitative estimate of drug-likeness (QED) is 0.868. The number of ether oxygens (including phenoxy) is 1. The number of carboxylic acid groups (broad SMARTS) is 1. The first-order chi connectivity index (χ1) is 9.02. The van der Waals surface area contributed by atoms with Crippen molar-refractivity contribution in [3.63, 3.8) is 0 Å². The van der Waals surface area contributed by atoms with Gasteiger partial charge in [-0.25, -0.2) is 4.79 Å². The number of hydrogen-bond acceptors (Lipinski definition) is 2.